The number of halogens is 1. The van der Waals surface area contributed by atoms with Gasteiger partial charge in [0.15, 0.2) is 0 Å². The van der Waals surface area contributed by atoms with E-state index in [1.165, 1.54) is 11.3 Å². The van der Waals surface area contributed by atoms with Crippen LogP contribution in [0.2, 0.25) is 0 Å². The number of thiophene rings is 1. The summed E-state index contributed by atoms with van der Waals surface area (Å²) in [6.07, 6.45) is 5.09. The minimum atomic E-state index is -1.57. The maximum absolute atomic E-state index is 16.3. The first-order valence-electron chi connectivity index (χ1n) is 11.3. The first-order chi connectivity index (χ1) is 16.3. The van der Waals surface area contributed by atoms with Crippen molar-refractivity contribution < 1.29 is 9.18 Å². The fraction of sp³-hybridized carbons (Fsp3) is 0.375. The fourth-order valence-corrected chi connectivity index (χ4v) is 7.11. The maximum atomic E-state index is 16.3. The number of nitriles is 1. The molecule has 182 valence electrons. The Kier molecular flexibility index (Phi) is 7.06. The molecule has 3 aromatic rings. The highest BCUT2D eigenvalue weighted by atomic mass is 32.1. The summed E-state index contributed by atoms with van der Waals surface area (Å²) in [7, 11) is 9.73. The molecule has 1 saturated carbocycles. The highest BCUT2D eigenvalue weighted by molar-refractivity contribution is 7.40. The van der Waals surface area contributed by atoms with Gasteiger partial charge in [0.1, 0.15) is 19.1 Å². The van der Waals surface area contributed by atoms with E-state index < -0.39 is 16.1 Å². The molecule has 1 aromatic carbocycles. The summed E-state index contributed by atoms with van der Waals surface area (Å²) in [5.74, 6) is -0.227. The van der Waals surface area contributed by atoms with Crippen molar-refractivity contribution in [2.45, 2.75) is 55.3 Å². The van der Waals surface area contributed by atoms with Crippen molar-refractivity contribution in [3.05, 3.63) is 58.2 Å². The number of nitrogens with one attached hydrogen (secondary N) is 1. The Hall–Kier alpha value is -1.63. The summed E-state index contributed by atoms with van der Waals surface area (Å²) in [6, 6.07) is 7.83. The van der Waals surface area contributed by atoms with Crippen LogP contribution < -0.4 is 5.32 Å². The van der Waals surface area contributed by atoms with Gasteiger partial charge in [-0.15, -0.1) is 39.1 Å². The third-order valence-electron chi connectivity index (χ3n) is 6.60. The van der Waals surface area contributed by atoms with Crippen LogP contribution in [0.1, 0.15) is 46.8 Å². The van der Waals surface area contributed by atoms with Crippen molar-refractivity contribution >= 4 is 52.8 Å². The molecule has 0 spiro atoms. The molecule has 1 aliphatic carbocycles. The first kappa shape index (κ1) is 26.4. The molecule has 35 heavy (non-hydrogen) atoms. The molecule has 0 aliphatic heterocycles. The van der Waals surface area contributed by atoms with Crippen molar-refractivity contribution in [3.63, 3.8) is 0 Å². The van der Waals surface area contributed by atoms with Crippen molar-refractivity contribution in [1.29, 1.82) is 5.26 Å². The highest BCUT2D eigenvalue weighted by Crippen LogP contribution is 2.52. The second-order valence-corrected chi connectivity index (χ2v) is 14.7. The van der Waals surface area contributed by atoms with E-state index in [4.69, 9.17) is 0 Å². The van der Waals surface area contributed by atoms with Gasteiger partial charge in [-0.1, -0.05) is 12.1 Å². The van der Waals surface area contributed by atoms with E-state index in [0.717, 1.165) is 27.3 Å². The van der Waals surface area contributed by atoms with Gasteiger partial charge in [0, 0.05) is 26.9 Å². The monoisotopic (exact) mass is 544 g/mol. The summed E-state index contributed by atoms with van der Waals surface area (Å²) in [5, 5.41) is 18.4. The lowest BCUT2D eigenvalue weighted by Crippen LogP contribution is -2.44. The van der Waals surface area contributed by atoms with E-state index in [-0.39, 0.29) is 11.5 Å². The summed E-state index contributed by atoms with van der Waals surface area (Å²) in [4.78, 5) is 12.7. The SMILES string of the molecule is BC(P)C(F)(c1cc(C)c(-n2cc(-c3cc(C(=O)NC4(C#N)CC4)cs3)cn2)c(C)c1)C(C)(P)P. The Morgan fingerprint density at radius 2 is 1.97 bits per heavy atom. The van der Waals surface area contributed by atoms with Crippen LogP contribution >= 0.6 is 39.1 Å². The number of aryl methyl sites for hydroxylation is 2. The Labute approximate surface area is 217 Å². The van der Waals surface area contributed by atoms with Gasteiger partial charge in [-0.2, -0.15) is 10.4 Å². The molecule has 1 amide bonds. The number of nitrogens with zero attached hydrogens (tertiary/aromatic N) is 3. The quantitative estimate of drug-likeness (QED) is 0.353. The van der Waals surface area contributed by atoms with Gasteiger partial charge < -0.3 is 5.32 Å². The highest BCUT2D eigenvalue weighted by Gasteiger charge is 2.47. The minimum Gasteiger partial charge on any atom is -0.334 e. The average Bonchev–Trinajstić information content (AvgIpc) is 3.15. The molecule has 5 unspecified atom stereocenters. The molecule has 1 fully saturated rings. The summed E-state index contributed by atoms with van der Waals surface area (Å²) >= 11 is 1.46. The zero-order valence-electron chi connectivity index (χ0n) is 20.2. The van der Waals surface area contributed by atoms with Gasteiger partial charge in [0.25, 0.3) is 5.91 Å². The number of amides is 1. The number of benzene rings is 1. The van der Waals surface area contributed by atoms with Gasteiger partial charge in [-0.3, -0.25) is 4.79 Å². The van der Waals surface area contributed by atoms with Crippen molar-refractivity contribution in [2.75, 3.05) is 0 Å². The van der Waals surface area contributed by atoms with E-state index >= 15 is 4.39 Å². The fourth-order valence-electron chi connectivity index (χ4n) is 4.45. The van der Waals surface area contributed by atoms with E-state index in [0.29, 0.717) is 24.0 Å². The minimum absolute atomic E-state index is 0.227. The third-order valence-corrected chi connectivity index (χ3v) is 8.88. The molecule has 2 aromatic heterocycles. The molecule has 5 atom stereocenters. The lowest BCUT2D eigenvalue weighted by Gasteiger charge is -2.41. The van der Waals surface area contributed by atoms with Crippen LogP contribution in [0.4, 0.5) is 4.39 Å². The molecule has 0 bridgehead atoms. The Morgan fingerprint density at radius 3 is 2.49 bits per heavy atom. The van der Waals surface area contributed by atoms with Gasteiger partial charge in [0.2, 0.25) is 0 Å². The molecule has 2 heterocycles. The van der Waals surface area contributed by atoms with Crippen molar-refractivity contribution in [2.24, 2.45) is 0 Å². The lowest BCUT2D eigenvalue weighted by molar-refractivity contribution is 0.0942. The van der Waals surface area contributed by atoms with Gasteiger partial charge >= 0.3 is 0 Å². The zero-order valence-corrected chi connectivity index (χ0v) is 24.5. The number of carbonyl (C=O) groups excluding carboxylic acids is 1. The lowest BCUT2D eigenvalue weighted by atomic mass is 9.78. The standard InChI is InChI=1S/C24H29BFN4OP3S/c1-13-6-17(24(26,21(25)32)22(3,33)34)7-14(2)19(13)30-10-16(9-28-30)18-8-15(11-35-18)20(31)29-23(12-27)4-5-23/h6-11,21H,4-5,25,32-34H2,1-3H3,(H,29,31). The molecule has 0 saturated heterocycles. The smallest absolute Gasteiger partial charge is 0.253 e. The predicted octanol–water partition coefficient (Wildman–Crippen LogP) is 4.47. The molecule has 5 nitrogen and oxygen atoms in total. The van der Waals surface area contributed by atoms with Gasteiger partial charge in [-0.05, 0) is 61.9 Å². The molecule has 1 aliphatic rings. The van der Waals surface area contributed by atoms with Crippen LogP contribution in [0.5, 0.6) is 0 Å². The van der Waals surface area contributed by atoms with Gasteiger partial charge in [-0.25, -0.2) is 9.07 Å². The van der Waals surface area contributed by atoms with Crippen LogP contribution in [0.25, 0.3) is 16.1 Å². The number of aromatic nitrogens is 2. The van der Waals surface area contributed by atoms with Gasteiger partial charge in [0.05, 0.1) is 23.5 Å². The largest absolute Gasteiger partial charge is 0.334 e. The molecular formula is C24H29BFN4OP3S. The van der Waals surface area contributed by atoms with Crippen LogP contribution in [-0.4, -0.2) is 39.5 Å². The van der Waals surface area contributed by atoms with E-state index in [1.54, 1.807) is 11.6 Å². The Morgan fingerprint density at radius 1 is 1.34 bits per heavy atom. The maximum Gasteiger partial charge on any atom is 0.253 e. The van der Waals surface area contributed by atoms with Crippen LogP contribution in [-0.2, 0) is 5.67 Å². The second-order valence-electron chi connectivity index (χ2n) is 9.76. The number of hydrogen-bond acceptors (Lipinski definition) is 4. The summed E-state index contributed by atoms with van der Waals surface area (Å²) in [5.41, 5.74) is 2.27. The topological polar surface area (TPSA) is 70.7 Å². The number of hydrogen-bond donors (Lipinski definition) is 1. The number of carbonyl (C=O) groups is 1. The second kappa shape index (κ2) is 9.35. The van der Waals surface area contributed by atoms with E-state index in [1.807, 2.05) is 57.7 Å². The zero-order chi connectivity index (χ0) is 25.8. The molecule has 1 N–H and O–H groups in total. The first-order valence-corrected chi connectivity index (χ1v) is 14.0. The number of alkyl halides is 1. The normalized spacial score (nSPS) is 17.3. The van der Waals surface area contributed by atoms with Crippen LogP contribution in [0, 0.1) is 25.2 Å². The summed E-state index contributed by atoms with van der Waals surface area (Å²) in [6.45, 7) is 5.81. The van der Waals surface area contributed by atoms with E-state index in [2.05, 4.69) is 44.2 Å². The van der Waals surface area contributed by atoms with Crippen LogP contribution in [0.15, 0.2) is 36.0 Å². The Balaban J connectivity index is 1.63. The van der Waals surface area contributed by atoms with Crippen molar-refractivity contribution in [3.8, 4) is 22.2 Å². The number of rotatable bonds is 7. The van der Waals surface area contributed by atoms with E-state index in [9.17, 15) is 10.1 Å². The molecule has 4 rings (SSSR count). The molecular weight excluding hydrogens is 515 g/mol. The van der Waals surface area contributed by atoms with Crippen LogP contribution in [0.3, 0.4) is 0 Å². The predicted molar refractivity (Wildman–Crippen MR) is 154 cm³/mol. The Bertz CT molecular complexity index is 1320. The molecule has 0 radical (unpaired) electrons. The average molecular weight is 544 g/mol. The molecule has 11 heteroatoms. The summed E-state index contributed by atoms with van der Waals surface area (Å²) < 4.78 is 18.1. The third kappa shape index (κ3) is 4.86. The van der Waals surface area contributed by atoms with Crippen molar-refractivity contribution in [1.82, 2.24) is 15.1 Å².